The van der Waals surface area contributed by atoms with E-state index in [0.717, 1.165) is 36.8 Å². The maximum Gasteiger partial charge on any atom is 0.165 e. The molecule has 3 rings (SSSR count). The molecule has 1 aliphatic heterocycles. The van der Waals surface area contributed by atoms with Crippen LogP contribution in [0.3, 0.4) is 0 Å². The summed E-state index contributed by atoms with van der Waals surface area (Å²) >= 11 is 0. The van der Waals surface area contributed by atoms with Gasteiger partial charge in [-0.15, -0.1) is 0 Å². The lowest BCUT2D eigenvalue weighted by Gasteiger charge is -2.22. The number of ether oxygens (including phenoxy) is 1. The van der Waals surface area contributed by atoms with Crippen LogP contribution in [-0.2, 0) is 4.74 Å². The molecule has 1 fully saturated rings. The SMILES string of the molecule is N#Cc1ccc2[nH]cc(C(=O)CCC3CCCCO3)c2c1. The quantitative estimate of drug-likeness (QED) is 0.872. The van der Waals surface area contributed by atoms with Gasteiger partial charge >= 0.3 is 0 Å². The maximum atomic E-state index is 12.4. The van der Waals surface area contributed by atoms with Crippen molar-refractivity contribution in [3.63, 3.8) is 0 Å². The molecule has 0 saturated carbocycles. The number of hydrogen-bond acceptors (Lipinski definition) is 3. The lowest BCUT2D eigenvalue weighted by molar-refractivity contribution is 0.0104. The van der Waals surface area contributed by atoms with Gasteiger partial charge in [-0.05, 0) is 43.9 Å². The van der Waals surface area contributed by atoms with Crippen molar-refractivity contribution in [3.05, 3.63) is 35.5 Å². The van der Waals surface area contributed by atoms with Crippen LogP contribution in [0.5, 0.6) is 0 Å². The average Bonchev–Trinajstić information content (AvgIpc) is 2.96. The number of ketones is 1. The number of rotatable bonds is 4. The number of aromatic nitrogens is 1. The highest BCUT2D eigenvalue weighted by Gasteiger charge is 2.18. The molecule has 1 N–H and O–H groups in total. The number of nitrogens with zero attached hydrogens (tertiary/aromatic N) is 1. The predicted molar refractivity (Wildman–Crippen MR) is 80.2 cm³/mol. The molecular formula is C17H18N2O2. The summed E-state index contributed by atoms with van der Waals surface area (Å²) < 4.78 is 5.67. The second kappa shape index (κ2) is 6.11. The molecule has 1 saturated heterocycles. The van der Waals surface area contributed by atoms with Gasteiger partial charge in [0.15, 0.2) is 5.78 Å². The Morgan fingerprint density at radius 2 is 2.33 bits per heavy atom. The van der Waals surface area contributed by atoms with Gasteiger partial charge in [0, 0.05) is 35.7 Å². The van der Waals surface area contributed by atoms with Crippen LogP contribution in [0.4, 0.5) is 0 Å². The molecule has 1 aromatic heterocycles. The summed E-state index contributed by atoms with van der Waals surface area (Å²) in [6.45, 7) is 0.817. The molecule has 4 heteroatoms. The zero-order chi connectivity index (χ0) is 14.7. The zero-order valence-corrected chi connectivity index (χ0v) is 11.9. The Hall–Kier alpha value is -2.12. The molecule has 1 aromatic carbocycles. The third-order valence-corrected chi connectivity index (χ3v) is 4.08. The van der Waals surface area contributed by atoms with Crippen molar-refractivity contribution >= 4 is 16.7 Å². The summed E-state index contributed by atoms with van der Waals surface area (Å²) in [6.07, 6.45) is 6.62. The van der Waals surface area contributed by atoms with Gasteiger partial charge in [-0.3, -0.25) is 4.79 Å². The summed E-state index contributed by atoms with van der Waals surface area (Å²) in [5.41, 5.74) is 2.15. The van der Waals surface area contributed by atoms with Crippen molar-refractivity contribution in [3.8, 4) is 6.07 Å². The number of fused-ring (bicyclic) bond motifs is 1. The first-order chi connectivity index (χ1) is 10.3. The van der Waals surface area contributed by atoms with Gasteiger partial charge in [-0.1, -0.05) is 0 Å². The van der Waals surface area contributed by atoms with Gasteiger partial charge in [0.25, 0.3) is 0 Å². The van der Waals surface area contributed by atoms with E-state index in [9.17, 15) is 4.79 Å². The lowest BCUT2D eigenvalue weighted by atomic mass is 9.99. The lowest BCUT2D eigenvalue weighted by Crippen LogP contribution is -2.19. The number of H-pyrrole nitrogens is 1. The predicted octanol–water partition coefficient (Wildman–Crippen LogP) is 3.57. The Bertz CT molecular complexity index is 690. The Morgan fingerprint density at radius 3 is 3.10 bits per heavy atom. The monoisotopic (exact) mass is 282 g/mol. The first-order valence-corrected chi connectivity index (χ1v) is 7.44. The summed E-state index contributed by atoms with van der Waals surface area (Å²) in [4.78, 5) is 15.5. The fourth-order valence-corrected chi connectivity index (χ4v) is 2.88. The Kier molecular flexibility index (Phi) is 4.03. The van der Waals surface area contributed by atoms with Crippen LogP contribution in [0.15, 0.2) is 24.4 Å². The van der Waals surface area contributed by atoms with Crippen molar-refractivity contribution in [2.75, 3.05) is 6.61 Å². The van der Waals surface area contributed by atoms with Crippen LogP contribution in [-0.4, -0.2) is 23.5 Å². The number of nitrogens with one attached hydrogen (secondary N) is 1. The molecule has 1 atom stereocenters. The molecule has 4 nitrogen and oxygen atoms in total. The standard InChI is InChI=1S/C17H18N2O2/c18-10-12-4-6-16-14(9-12)15(11-19-16)17(20)7-5-13-3-1-2-8-21-13/h4,6,9,11,13,19H,1-3,5,7-8H2. The smallest absolute Gasteiger partial charge is 0.165 e. The van der Waals surface area contributed by atoms with Crippen LogP contribution >= 0.6 is 0 Å². The second-order valence-corrected chi connectivity index (χ2v) is 5.52. The minimum absolute atomic E-state index is 0.116. The van der Waals surface area contributed by atoms with E-state index < -0.39 is 0 Å². The van der Waals surface area contributed by atoms with E-state index in [-0.39, 0.29) is 11.9 Å². The molecule has 0 spiro atoms. The fraction of sp³-hybridized carbons (Fsp3) is 0.412. The van der Waals surface area contributed by atoms with Crippen molar-refractivity contribution in [2.45, 2.75) is 38.2 Å². The normalized spacial score (nSPS) is 18.5. The number of hydrogen-bond donors (Lipinski definition) is 1. The highest BCUT2D eigenvalue weighted by Crippen LogP contribution is 2.23. The molecule has 2 heterocycles. The molecule has 1 aliphatic rings. The molecular weight excluding hydrogens is 264 g/mol. The van der Waals surface area contributed by atoms with E-state index in [1.807, 2.05) is 6.07 Å². The van der Waals surface area contributed by atoms with Gasteiger partial charge in [-0.2, -0.15) is 5.26 Å². The first kappa shape index (κ1) is 13.8. The third-order valence-electron chi connectivity index (χ3n) is 4.08. The van der Waals surface area contributed by atoms with Crippen molar-refractivity contribution in [1.29, 1.82) is 5.26 Å². The van der Waals surface area contributed by atoms with E-state index in [1.54, 1.807) is 18.3 Å². The number of benzene rings is 1. The molecule has 2 aromatic rings. The Morgan fingerprint density at radius 1 is 1.43 bits per heavy atom. The van der Waals surface area contributed by atoms with Crippen LogP contribution < -0.4 is 0 Å². The topological polar surface area (TPSA) is 65.9 Å². The van der Waals surface area contributed by atoms with Crippen LogP contribution in [0, 0.1) is 11.3 Å². The van der Waals surface area contributed by atoms with Crippen molar-refractivity contribution in [1.82, 2.24) is 4.98 Å². The van der Waals surface area contributed by atoms with Crippen molar-refractivity contribution < 1.29 is 9.53 Å². The average molecular weight is 282 g/mol. The van der Waals surface area contributed by atoms with Gasteiger partial charge in [0.1, 0.15) is 0 Å². The molecule has 108 valence electrons. The highest BCUT2D eigenvalue weighted by atomic mass is 16.5. The Labute approximate surface area is 123 Å². The van der Waals surface area contributed by atoms with E-state index in [1.165, 1.54) is 6.42 Å². The Balaban J connectivity index is 1.73. The van der Waals surface area contributed by atoms with Crippen LogP contribution in [0.2, 0.25) is 0 Å². The van der Waals surface area contributed by atoms with Crippen LogP contribution in [0.25, 0.3) is 10.9 Å². The largest absolute Gasteiger partial charge is 0.378 e. The van der Waals surface area contributed by atoms with Gasteiger partial charge < -0.3 is 9.72 Å². The van der Waals surface area contributed by atoms with Gasteiger partial charge in [0.2, 0.25) is 0 Å². The minimum Gasteiger partial charge on any atom is -0.378 e. The molecule has 0 amide bonds. The minimum atomic E-state index is 0.116. The van der Waals surface area contributed by atoms with E-state index in [0.29, 0.717) is 17.5 Å². The summed E-state index contributed by atoms with van der Waals surface area (Å²) in [7, 11) is 0. The molecule has 0 bridgehead atoms. The fourth-order valence-electron chi connectivity index (χ4n) is 2.88. The van der Waals surface area contributed by atoms with Crippen molar-refractivity contribution in [2.24, 2.45) is 0 Å². The highest BCUT2D eigenvalue weighted by molar-refractivity contribution is 6.08. The third kappa shape index (κ3) is 2.98. The number of nitriles is 1. The van der Waals surface area contributed by atoms with Crippen LogP contribution in [0.1, 0.15) is 48.0 Å². The molecule has 0 radical (unpaired) electrons. The molecule has 1 unspecified atom stereocenters. The van der Waals surface area contributed by atoms with Gasteiger partial charge in [0.05, 0.1) is 17.7 Å². The zero-order valence-electron chi connectivity index (χ0n) is 11.9. The van der Waals surface area contributed by atoms with E-state index in [2.05, 4.69) is 11.1 Å². The number of aromatic amines is 1. The van der Waals surface area contributed by atoms with E-state index >= 15 is 0 Å². The molecule has 0 aliphatic carbocycles. The number of carbonyl (C=O) groups is 1. The van der Waals surface area contributed by atoms with E-state index in [4.69, 9.17) is 10.00 Å². The van der Waals surface area contributed by atoms with Gasteiger partial charge in [-0.25, -0.2) is 0 Å². The summed E-state index contributed by atoms with van der Waals surface area (Å²) in [5, 5.41) is 9.81. The number of carbonyl (C=O) groups excluding carboxylic acids is 1. The number of Topliss-reactive ketones (excluding diaryl/α,β-unsaturated/α-hetero) is 1. The summed E-state index contributed by atoms with van der Waals surface area (Å²) in [6, 6.07) is 7.48. The second-order valence-electron chi connectivity index (χ2n) is 5.52. The molecule has 21 heavy (non-hydrogen) atoms. The first-order valence-electron chi connectivity index (χ1n) is 7.44. The maximum absolute atomic E-state index is 12.4. The summed E-state index contributed by atoms with van der Waals surface area (Å²) in [5.74, 6) is 0.116.